The molecular formula is C12H14N4O6. The van der Waals surface area contributed by atoms with Crippen molar-refractivity contribution in [2.75, 3.05) is 0 Å². The number of rotatable bonds is 3. The first kappa shape index (κ1) is 15.4. The van der Waals surface area contributed by atoms with Gasteiger partial charge in [0.1, 0.15) is 0 Å². The van der Waals surface area contributed by atoms with Gasteiger partial charge in [-0.2, -0.15) is 0 Å². The molecule has 0 radical (unpaired) electrons. The molecule has 0 aliphatic rings. The molecule has 2 heterocycles. The summed E-state index contributed by atoms with van der Waals surface area (Å²) in [6.07, 6.45) is -0.0719. The van der Waals surface area contributed by atoms with Gasteiger partial charge in [-0.25, -0.2) is 9.59 Å². The second-order valence-corrected chi connectivity index (χ2v) is 4.73. The van der Waals surface area contributed by atoms with Crippen molar-refractivity contribution in [3.8, 4) is 11.5 Å². The molecule has 0 spiro atoms. The maximum absolute atomic E-state index is 11.5. The average Bonchev–Trinajstić information content (AvgIpc) is 2.46. The van der Waals surface area contributed by atoms with E-state index in [1.807, 2.05) is 9.97 Å². The van der Waals surface area contributed by atoms with Gasteiger partial charge in [-0.05, 0) is 12.8 Å². The molecule has 0 saturated heterocycles. The predicted octanol–water partition coefficient (Wildman–Crippen LogP) is -2.34. The molecule has 0 fully saturated rings. The van der Waals surface area contributed by atoms with Crippen molar-refractivity contribution in [2.45, 2.75) is 12.8 Å². The fourth-order valence-electron chi connectivity index (χ4n) is 2.11. The summed E-state index contributed by atoms with van der Waals surface area (Å²) >= 11 is 0. The fraction of sp³-hybridized carbons (Fsp3) is 0.333. The molecule has 0 aromatic carbocycles. The summed E-state index contributed by atoms with van der Waals surface area (Å²) in [6, 6.07) is 0. The Bertz CT molecular complexity index is 814. The minimum atomic E-state index is -0.929. The first-order valence-corrected chi connectivity index (χ1v) is 6.26. The largest absolute Gasteiger partial charge is 0.502 e. The monoisotopic (exact) mass is 310 g/mol. The number of aromatic hydroxyl groups is 2. The molecule has 0 amide bonds. The number of aromatic nitrogens is 4. The number of hydrogen-bond acceptors (Lipinski definition) is 6. The van der Waals surface area contributed by atoms with Gasteiger partial charge in [-0.3, -0.25) is 28.7 Å². The SMILES string of the molecule is Cn1c(CCc2c(O)c(=O)[nH]c(=O)n2C)c(O)c(=O)[nH]c1=O. The molecule has 10 heteroatoms. The number of nitrogens with one attached hydrogen (secondary N) is 2. The minimum Gasteiger partial charge on any atom is -0.502 e. The minimum absolute atomic E-state index is 0.0286. The summed E-state index contributed by atoms with van der Waals surface area (Å²) in [4.78, 5) is 49.6. The van der Waals surface area contributed by atoms with Gasteiger partial charge in [0.05, 0.1) is 11.4 Å². The van der Waals surface area contributed by atoms with Gasteiger partial charge in [-0.15, -0.1) is 0 Å². The van der Waals surface area contributed by atoms with Crippen molar-refractivity contribution in [3.05, 3.63) is 53.1 Å². The van der Waals surface area contributed by atoms with E-state index in [-0.39, 0.29) is 24.2 Å². The molecule has 2 aromatic heterocycles. The van der Waals surface area contributed by atoms with E-state index in [0.29, 0.717) is 0 Å². The first-order valence-electron chi connectivity index (χ1n) is 6.26. The molecule has 0 atom stereocenters. The van der Waals surface area contributed by atoms with Gasteiger partial charge < -0.3 is 10.2 Å². The van der Waals surface area contributed by atoms with E-state index >= 15 is 0 Å². The fourth-order valence-corrected chi connectivity index (χ4v) is 2.11. The summed E-state index contributed by atoms with van der Waals surface area (Å²) in [7, 11) is 2.70. The van der Waals surface area contributed by atoms with Gasteiger partial charge in [0.25, 0.3) is 11.1 Å². The highest BCUT2D eigenvalue weighted by molar-refractivity contribution is 5.27. The molecule has 0 aliphatic heterocycles. The van der Waals surface area contributed by atoms with Crippen LogP contribution in [-0.4, -0.2) is 29.3 Å². The Morgan fingerprint density at radius 3 is 1.41 bits per heavy atom. The van der Waals surface area contributed by atoms with Crippen molar-refractivity contribution in [3.63, 3.8) is 0 Å². The van der Waals surface area contributed by atoms with Crippen LogP contribution in [-0.2, 0) is 26.9 Å². The standard InChI is InChI=1S/C12H14N4O6/c1-15-5(7(17)9(19)13-11(15)21)3-4-6-8(18)10(20)14-12(22)16(6)2/h17-18H,3-4H2,1-2H3,(H,13,19,21)(H,14,20,22). The second-order valence-electron chi connectivity index (χ2n) is 4.73. The Balaban J connectivity index is 2.49. The molecule has 22 heavy (non-hydrogen) atoms. The van der Waals surface area contributed by atoms with E-state index in [1.165, 1.54) is 14.1 Å². The third kappa shape index (κ3) is 2.45. The summed E-state index contributed by atoms with van der Waals surface area (Å²) in [5, 5.41) is 19.5. The van der Waals surface area contributed by atoms with Crippen LogP contribution in [0.4, 0.5) is 0 Å². The molecule has 4 N–H and O–H groups in total. The van der Waals surface area contributed by atoms with Crippen LogP contribution in [0.2, 0.25) is 0 Å². The van der Waals surface area contributed by atoms with Crippen LogP contribution in [0.1, 0.15) is 11.4 Å². The van der Waals surface area contributed by atoms with Crippen LogP contribution in [0, 0.1) is 0 Å². The molecule has 10 nitrogen and oxygen atoms in total. The van der Waals surface area contributed by atoms with Crippen LogP contribution in [0.3, 0.4) is 0 Å². The van der Waals surface area contributed by atoms with Gasteiger partial charge in [0, 0.05) is 14.1 Å². The lowest BCUT2D eigenvalue weighted by atomic mass is 10.1. The lowest BCUT2D eigenvalue weighted by Crippen LogP contribution is -2.32. The van der Waals surface area contributed by atoms with Gasteiger partial charge in [0.15, 0.2) is 0 Å². The predicted molar refractivity (Wildman–Crippen MR) is 75.3 cm³/mol. The zero-order valence-electron chi connectivity index (χ0n) is 11.8. The van der Waals surface area contributed by atoms with Crippen molar-refractivity contribution in [1.29, 1.82) is 0 Å². The molecule has 2 aromatic rings. The van der Waals surface area contributed by atoms with Gasteiger partial charge in [0.2, 0.25) is 11.5 Å². The summed E-state index contributed by atoms with van der Waals surface area (Å²) < 4.78 is 2.08. The van der Waals surface area contributed by atoms with Crippen LogP contribution >= 0.6 is 0 Å². The van der Waals surface area contributed by atoms with Gasteiger partial charge >= 0.3 is 11.4 Å². The lowest BCUT2D eigenvalue weighted by molar-refractivity contribution is 0.434. The van der Waals surface area contributed by atoms with Crippen molar-refractivity contribution < 1.29 is 10.2 Å². The van der Waals surface area contributed by atoms with Crippen LogP contribution in [0.25, 0.3) is 0 Å². The maximum atomic E-state index is 11.5. The first-order chi connectivity index (χ1) is 10.2. The molecule has 2 rings (SSSR count). The number of aromatic amines is 2. The number of nitrogens with zero attached hydrogens (tertiary/aromatic N) is 2. The summed E-state index contributed by atoms with van der Waals surface area (Å²) in [6.45, 7) is 0. The molecule has 0 unspecified atom stereocenters. The average molecular weight is 310 g/mol. The van der Waals surface area contributed by atoms with Crippen molar-refractivity contribution in [2.24, 2.45) is 14.1 Å². The Morgan fingerprint density at radius 2 is 1.09 bits per heavy atom. The summed E-state index contributed by atoms with van der Waals surface area (Å²) in [5.41, 5.74) is -3.21. The zero-order chi connectivity index (χ0) is 16.6. The molecule has 118 valence electrons. The number of hydrogen-bond donors (Lipinski definition) is 4. The molecular weight excluding hydrogens is 296 g/mol. The van der Waals surface area contributed by atoms with Crippen LogP contribution in [0.5, 0.6) is 11.5 Å². The number of H-pyrrole nitrogens is 2. The maximum Gasteiger partial charge on any atom is 0.328 e. The highest BCUT2D eigenvalue weighted by Crippen LogP contribution is 2.14. The van der Waals surface area contributed by atoms with E-state index < -0.39 is 34.0 Å². The van der Waals surface area contributed by atoms with Crippen molar-refractivity contribution in [1.82, 2.24) is 19.1 Å². The van der Waals surface area contributed by atoms with Crippen LogP contribution in [0.15, 0.2) is 19.2 Å². The normalized spacial score (nSPS) is 10.8. The highest BCUT2D eigenvalue weighted by Gasteiger charge is 2.16. The Kier molecular flexibility index (Phi) is 3.76. The Morgan fingerprint density at radius 1 is 0.773 bits per heavy atom. The molecule has 0 saturated carbocycles. The Hall–Kier alpha value is -3.04. The van der Waals surface area contributed by atoms with Crippen molar-refractivity contribution >= 4 is 0 Å². The quantitative estimate of drug-likeness (QED) is 0.499. The molecule has 0 aliphatic carbocycles. The van der Waals surface area contributed by atoms with E-state index in [1.54, 1.807) is 0 Å². The molecule has 0 bridgehead atoms. The highest BCUT2D eigenvalue weighted by atomic mass is 16.3. The third-order valence-electron chi connectivity index (χ3n) is 3.44. The lowest BCUT2D eigenvalue weighted by Gasteiger charge is -2.11. The van der Waals surface area contributed by atoms with E-state index in [0.717, 1.165) is 9.13 Å². The van der Waals surface area contributed by atoms with E-state index in [9.17, 15) is 29.4 Å². The van der Waals surface area contributed by atoms with Crippen LogP contribution < -0.4 is 22.5 Å². The van der Waals surface area contributed by atoms with Gasteiger partial charge in [-0.1, -0.05) is 0 Å². The third-order valence-corrected chi connectivity index (χ3v) is 3.44. The summed E-state index contributed by atoms with van der Waals surface area (Å²) in [5.74, 6) is -1.26. The van der Waals surface area contributed by atoms with E-state index in [4.69, 9.17) is 0 Å². The Labute approximate surface area is 121 Å². The zero-order valence-corrected chi connectivity index (χ0v) is 11.8. The van der Waals surface area contributed by atoms with E-state index in [2.05, 4.69) is 0 Å². The smallest absolute Gasteiger partial charge is 0.328 e. The second kappa shape index (κ2) is 5.39. The topological polar surface area (TPSA) is 150 Å².